The van der Waals surface area contributed by atoms with E-state index in [1.807, 2.05) is 0 Å². The van der Waals surface area contributed by atoms with Gasteiger partial charge in [-0.25, -0.2) is 0 Å². The van der Waals surface area contributed by atoms with Crippen LogP contribution in [0.5, 0.6) is 0 Å². The van der Waals surface area contributed by atoms with Crippen LogP contribution in [0.1, 0.15) is 51.1 Å². The molecule has 0 aromatic carbocycles. The van der Waals surface area contributed by atoms with Crippen LogP contribution in [0.15, 0.2) is 18.5 Å². The molecule has 0 aliphatic heterocycles. The Balaban J connectivity index is 2.50. The summed E-state index contributed by atoms with van der Waals surface area (Å²) in [6.07, 6.45) is 8.17. The van der Waals surface area contributed by atoms with Crippen LogP contribution in [-0.2, 0) is 6.54 Å². The van der Waals surface area contributed by atoms with Crippen molar-refractivity contribution in [2.45, 2.75) is 52.1 Å². The van der Waals surface area contributed by atoms with Gasteiger partial charge in [0.05, 0.1) is 6.07 Å². The van der Waals surface area contributed by atoms with Crippen LogP contribution in [0.4, 0.5) is 0 Å². The van der Waals surface area contributed by atoms with Crippen LogP contribution in [0.2, 0.25) is 0 Å². The first kappa shape index (κ1) is 13.8. The average Bonchev–Trinajstić information content (AvgIpc) is 2.79. The second-order valence-electron chi connectivity index (χ2n) is 4.36. The average molecular weight is 233 g/mol. The van der Waals surface area contributed by atoms with Gasteiger partial charge < -0.3 is 9.88 Å². The molecule has 0 fully saturated rings. The normalized spacial score (nSPS) is 12.3. The fourth-order valence-corrected chi connectivity index (χ4v) is 1.96. The van der Waals surface area contributed by atoms with Crippen molar-refractivity contribution < 1.29 is 0 Å². The SMILES string of the molecule is CCCNC(CC)c1ccn(CCCC#N)c1. The summed E-state index contributed by atoms with van der Waals surface area (Å²) in [5, 5.41) is 12.1. The highest BCUT2D eigenvalue weighted by Crippen LogP contribution is 2.17. The Kier molecular flexibility index (Phi) is 6.42. The summed E-state index contributed by atoms with van der Waals surface area (Å²) in [6, 6.07) is 4.83. The lowest BCUT2D eigenvalue weighted by molar-refractivity contribution is 0.517. The maximum absolute atomic E-state index is 8.50. The molecule has 3 nitrogen and oxygen atoms in total. The minimum absolute atomic E-state index is 0.465. The van der Waals surface area contributed by atoms with Crippen molar-refractivity contribution in [3.05, 3.63) is 24.0 Å². The molecule has 0 bridgehead atoms. The van der Waals surface area contributed by atoms with E-state index in [0.717, 1.165) is 25.9 Å². The molecule has 3 heteroatoms. The van der Waals surface area contributed by atoms with Crippen molar-refractivity contribution >= 4 is 0 Å². The van der Waals surface area contributed by atoms with Crippen molar-refractivity contribution in [2.24, 2.45) is 0 Å². The van der Waals surface area contributed by atoms with Crippen molar-refractivity contribution in [2.75, 3.05) is 6.54 Å². The zero-order chi connectivity index (χ0) is 12.5. The van der Waals surface area contributed by atoms with Crippen LogP contribution in [0, 0.1) is 11.3 Å². The van der Waals surface area contributed by atoms with E-state index in [0.29, 0.717) is 12.5 Å². The van der Waals surface area contributed by atoms with Gasteiger partial charge in [0, 0.05) is 31.4 Å². The van der Waals surface area contributed by atoms with Crippen LogP contribution in [-0.4, -0.2) is 11.1 Å². The molecule has 17 heavy (non-hydrogen) atoms. The largest absolute Gasteiger partial charge is 0.354 e. The molecule has 0 amide bonds. The second-order valence-corrected chi connectivity index (χ2v) is 4.36. The van der Waals surface area contributed by atoms with E-state index in [1.165, 1.54) is 12.0 Å². The minimum atomic E-state index is 0.465. The summed E-state index contributed by atoms with van der Waals surface area (Å²) < 4.78 is 2.18. The van der Waals surface area contributed by atoms with Crippen molar-refractivity contribution in [3.63, 3.8) is 0 Å². The van der Waals surface area contributed by atoms with Gasteiger partial charge in [-0.2, -0.15) is 5.26 Å². The topological polar surface area (TPSA) is 40.8 Å². The molecule has 0 aliphatic carbocycles. The number of rotatable bonds is 8. The van der Waals surface area contributed by atoms with Crippen molar-refractivity contribution in [3.8, 4) is 6.07 Å². The third-order valence-electron chi connectivity index (χ3n) is 2.93. The van der Waals surface area contributed by atoms with E-state index in [2.05, 4.69) is 48.3 Å². The van der Waals surface area contributed by atoms with E-state index >= 15 is 0 Å². The number of nitriles is 1. The minimum Gasteiger partial charge on any atom is -0.354 e. The van der Waals surface area contributed by atoms with Crippen LogP contribution in [0.25, 0.3) is 0 Å². The molecule has 1 heterocycles. The molecule has 0 spiro atoms. The summed E-state index contributed by atoms with van der Waals surface area (Å²) >= 11 is 0. The van der Waals surface area contributed by atoms with E-state index in [9.17, 15) is 0 Å². The van der Waals surface area contributed by atoms with Gasteiger partial charge in [-0.15, -0.1) is 0 Å². The molecule has 0 saturated heterocycles. The van der Waals surface area contributed by atoms with Crippen LogP contribution < -0.4 is 5.32 Å². The number of nitrogens with zero attached hydrogens (tertiary/aromatic N) is 2. The highest BCUT2D eigenvalue weighted by molar-refractivity contribution is 5.15. The number of nitrogens with one attached hydrogen (secondary N) is 1. The molecule has 0 aliphatic rings. The van der Waals surface area contributed by atoms with E-state index in [4.69, 9.17) is 5.26 Å². The molecule has 1 aromatic heterocycles. The Hall–Kier alpha value is -1.27. The zero-order valence-electron chi connectivity index (χ0n) is 10.9. The number of aromatic nitrogens is 1. The zero-order valence-corrected chi connectivity index (χ0v) is 10.9. The first-order valence-corrected chi connectivity index (χ1v) is 6.57. The third-order valence-corrected chi connectivity index (χ3v) is 2.93. The quantitative estimate of drug-likeness (QED) is 0.700. The predicted molar refractivity (Wildman–Crippen MR) is 70.6 cm³/mol. The highest BCUT2D eigenvalue weighted by atomic mass is 15.0. The molecule has 1 N–H and O–H groups in total. The van der Waals surface area contributed by atoms with E-state index in [-0.39, 0.29) is 0 Å². The van der Waals surface area contributed by atoms with Crippen LogP contribution >= 0.6 is 0 Å². The Labute approximate surface area is 104 Å². The number of unbranched alkanes of at least 4 members (excludes halogenated alkanes) is 1. The molecule has 94 valence electrons. The van der Waals surface area contributed by atoms with Gasteiger partial charge >= 0.3 is 0 Å². The predicted octanol–water partition coefficient (Wildman–Crippen LogP) is 3.24. The maximum atomic E-state index is 8.50. The first-order chi connectivity index (χ1) is 8.31. The van der Waals surface area contributed by atoms with Crippen molar-refractivity contribution in [1.29, 1.82) is 5.26 Å². The number of aryl methyl sites for hydroxylation is 1. The van der Waals surface area contributed by atoms with E-state index in [1.54, 1.807) is 0 Å². The fourth-order valence-electron chi connectivity index (χ4n) is 1.96. The monoisotopic (exact) mass is 233 g/mol. The van der Waals surface area contributed by atoms with Crippen molar-refractivity contribution in [1.82, 2.24) is 9.88 Å². The molecular formula is C14H23N3. The second kappa shape index (κ2) is 7.92. The van der Waals surface area contributed by atoms with Gasteiger partial charge in [-0.1, -0.05) is 13.8 Å². The Morgan fingerprint density at radius 3 is 2.94 bits per heavy atom. The summed E-state index contributed by atoms with van der Waals surface area (Å²) in [6.45, 7) is 6.41. The maximum Gasteiger partial charge on any atom is 0.0622 e. The molecule has 0 saturated carbocycles. The van der Waals surface area contributed by atoms with Gasteiger partial charge in [-0.3, -0.25) is 0 Å². The molecule has 1 unspecified atom stereocenters. The molecule has 1 rings (SSSR count). The smallest absolute Gasteiger partial charge is 0.0622 e. The molecule has 0 radical (unpaired) electrons. The lowest BCUT2D eigenvalue weighted by atomic mass is 10.1. The summed E-state index contributed by atoms with van der Waals surface area (Å²) in [4.78, 5) is 0. The Bertz CT molecular complexity index is 349. The van der Waals surface area contributed by atoms with Crippen LogP contribution in [0.3, 0.4) is 0 Å². The molecule has 1 atom stereocenters. The van der Waals surface area contributed by atoms with Gasteiger partial charge in [-0.05, 0) is 37.4 Å². The Morgan fingerprint density at radius 2 is 2.29 bits per heavy atom. The van der Waals surface area contributed by atoms with E-state index < -0.39 is 0 Å². The Morgan fingerprint density at radius 1 is 1.47 bits per heavy atom. The first-order valence-electron chi connectivity index (χ1n) is 6.57. The fraction of sp³-hybridized carbons (Fsp3) is 0.643. The highest BCUT2D eigenvalue weighted by Gasteiger charge is 2.09. The number of hydrogen-bond acceptors (Lipinski definition) is 2. The standard InChI is InChI=1S/C14H23N3/c1-3-9-16-14(4-2)13-7-11-17(12-13)10-6-5-8-15/h7,11-12,14,16H,3-6,9-10H2,1-2H3. The summed E-state index contributed by atoms with van der Waals surface area (Å²) in [5.41, 5.74) is 1.36. The molecule has 1 aromatic rings. The van der Waals surface area contributed by atoms with Gasteiger partial charge in [0.25, 0.3) is 0 Å². The lowest BCUT2D eigenvalue weighted by Gasteiger charge is -2.15. The summed E-state index contributed by atoms with van der Waals surface area (Å²) in [5.74, 6) is 0. The van der Waals surface area contributed by atoms with Gasteiger partial charge in [0.2, 0.25) is 0 Å². The molecular weight excluding hydrogens is 210 g/mol. The number of hydrogen-bond donors (Lipinski definition) is 1. The van der Waals surface area contributed by atoms with Gasteiger partial charge in [0.15, 0.2) is 0 Å². The summed E-state index contributed by atoms with van der Waals surface area (Å²) in [7, 11) is 0. The lowest BCUT2D eigenvalue weighted by Crippen LogP contribution is -2.21. The third kappa shape index (κ3) is 4.62. The van der Waals surface area contributed by atoms with Gasteiger partial charge in [0.1, 0.15) is 0 Å².